The van der Waals surface area contributed by atoms with E-state index in [1.165, 1.54) is 4.90 Å². The van der Waals surface area contributed by atoms with E-state index in [9.17, 15) is 9.59 Å². The zero-order valence-corrected chi connectivity index (χ0v) is 14.1. The van der Waals surface area contributed by atoms with Gasteiger partial charge in [0.15, 0.2) is 0 Å². The Hall–Kier alpha value is -2.14. The monoisotopic (exact) mass is 327 g/mol. The third kappa shape index (κ3) is 1.91. The topological polar surface area (TPSA) is 55.8 Å². The fourth-order valence-corrected chi connectivity index (χ4v) is 4.20. The molecule has 0 aromatic heterocycles. The molecule has 2 bridgehead atoms. The Morgan fingerprint density at radius 3 is 2.08 bits per heavy atom. The molecule has 126 valence electrons. The molecule has 4 atom stereocenters. The van der Waals surface area contributed by atoms with Gasteiger partial charge in [0, 0.05) is 0 Å². The zero-order chi connectivity index (χ0) is 17.1. The first-order valence-electron chi connectivity index (χ1n) is 8.41. The average molecular weight is 327 g/mol. The molecule has 0 N–H and O–H groups in total. The number of amides is 2. The van der Waals surface area contributed by atoms with E-state index < -0.39 is 23.0 Å². The van der Waals surface area contributed by atoms with Crippen molar-refractivity contribution < 1.29 is 19.1 Å². The molecule has 5 nitrogen and oxygen atoms in total. The van der Waals surface area contributed by atoms with Crippen LogP contribution >= 0.6 is 0 Å². The Kier molecular flexibility index (Phi) is 3.16. The minimum atomic E-state index is -0.689. The summed E-state index contributed by atoms with van der Waals surface area (Å²) in [4.78, 5) is 27.2. The van der Waals surface area contributed by atoms with Crippen LogP contribution in [-0.4, -0.2) is 29.6 Å². The molecule has 24 heavy (non-hydrogen) atoms. The predicted molar refractivity (Wildman–Crippen MR) is 88.7 cm³/mol. The number of hydrogen-bond donors (Lipinski definition) is 0. The number of nitrogens with zero attached hydrogens (tertiary/aromatic N) is 1. The first kappa shape index (κ1) is 15.4. The summed E-state index contributed by atoms with van der Waals surface area (Å²) in [6.07, 6.45) is 4.77. The average Bonchev–Trinajstić information content (AvgIpc) is 3.10. The fraction of sp³-hybridized carbons (Fsp3) is 0.474. The van der Waals surface area contributed by atoms with Crippen LogP contribution in [0.4, 0.5) is 5.69 Å². The van der Waals surface area contributed by atoms with Gasteiger partial charge < -0.3 is 9.47 Å². The van der Waals surface area contributed by atoms with Crippen LogP contribution in [0.1, 0.15) is 27.2 Å². The second kappa shape index (κ2) is 4.93. The number of hydrogen-bond acceptors (Lipinski definition) is 4. The van der Waals surface area contributed by atoms with Gasteiger partial charge in [0.1, 0.15) is 5.75 Å². The maximum atomic E-state index is 13.0. The third-order valence-electron chi connectivity index (χ3n) is 5.29. The van der Waals surface area contributed by atoms with E-state index in [4.69, 9.17) is 9.47 Å². The van der Waals surface area contributed by atoms with Crippen molar-refractivity contribution in [1.29, 1.82) is 0 Å². The lowest BCUT2D eigenvalue weighted by Gasteiger charge is -2.25. The Bertz CT molecular complexity index is 704. The normalized spacial score (nSPS) is 36.5. The van der Waals surface area contributed by atoms with E-state index >= 15 is 0 Å². The maximum Gasteiger partial charge on any atom is 0.241 e. The summed E-state index contributed by atoms with van der Waals surface area (Å²) in [7, 11) is 0. The van der Waals surface area contributed by atoms with E-state index in [0.29, 0.717) is 12.3 Å². The molecule has 1 aromatic carbocycles. The number of carbonyl (C=O) groups is 2. The van der Waals surface area contributed by atoms with Crippen molar-refractivity contribution in [2.24, 2.45) is 11.8 Å². The van der Waals surface area contributed by atoms with Crippen molar-refractivity contribution in [2.45, 2.75) is 38.4 Å². The summed E-state index contributed by atoms with van der Waals surface area (Å²) >= 11 is 0. The summed E-state index contributed by atoms with van der Waals surface area (Å²) in [5.74, 6) is -0.512. The first-order chi connectivity index (χ1) is 11.4. The molecule has 0 radical (unpaired) electrons. The minimum Gasteiger partial charge on any atom is -0.494 e. The molecule has 0 spiro atoms. The van der Waals surface area contributed by atoms with Gasteiger partial charge in [-0.15, -0.1) is 0 Å². The van der Waals surface area contributed by atoms with Gasteiger partial charge in [-0.25, -0.2) is 4.90 Å². The van der Waals surface area contributed by atoms with E-state index in [1.807, 2.05) is 32.9 Å². The lowest BCUT2D eigenvalue weighted by atomic mass is 9.73. The summed E-state index contributed by atoms with van der Waals surface area (Å²) in [6, 6.07) is 7.13. The van der Waals surface area contributed by atoms with Crippen LogP contribution in [0.15, 0.2) is 36.4 Å². The van der Waals surface area contributed by atoms with E-state index in [-0.39, 0.29) is 11.8 Å². The minimum absolute atomic E-state index is 0.178. The number of fused-ring (bicyclic) bond motifs is 5. The SMILES string of the molecule is CCCOc1ccc(N2C(=O)[C@@H]3[C@@H](C2=O)[C@@]2(C)C=C[C@@]3(C)O2)cc1. The lowest BCUT2D eigenvalue weighted by molar-refractivity contribution is -0.128. The van der Waals surface area contributed by atoms with Gasteiger partial charge in [-0.05, 0) is 44.5 Å². The lowest BCUT2D eigenvalue weighted by Crippen LogP contribution is -2.39. The molecule has 5 heteroatoms. The number of rotatable bonds is 4. The van der Waals surface area contributed by atoms with Gasteiger partial charge >= 0.3 is 0 Å². The Labute approximate surface area is 141 Å². The molecule has 0 saturated carbocycles. The third-order valence-corrected chi connectivity index (χ3v) is 5.29. The molecule has 3 heterocycles. The molecular weight excluding hydrogens is 306 g/mol. The second-order valence-corrected chi connectivity index (χ2v) is 7.11. The number of imide groups is 1. The van der Waals surface area contributed by atoms with Gasteiger partial charge in [0.25, 0.3) is 0 Å². The van der Waals surface area contributed by atoms with Gasteiger partial charge in [-0.2, -0.15) is 0 Å². The van der Waals surface area contributed by atoms with Gasteiger partial charge in [-0.1, -0.05) is 19.1 Å². The van der Waals surface area contributed by atoms with Crippen LogP contribution in [-0.2, 0) is 14.3 Å². The van der Waals surface area contributed by atoms with Gasteiger partial charge in [0.05, 0.1) is 35.3 Å². The van der Waals surface area contributed by atoms with Crippen molar-refractivity contribution >= 4 is 17.5 Å². The van der Waals surface area contributed by atoms with Crippen molar-refractivity contribution in [3.63, 3.8) is 0 Å². The van der Waals surface area contributed by atoms with E-state index in [1.54, 1.807) is 24.3 Å². The van der Waals surface area contributed by atoms with Crippen molar-refractivity contribution in [1.82, 2.24) is 0 Å². The largest absolute Gasteiger partial charge is 0.494 e. The molecule has 0 aliphatic carbocycles. The molecule has 3 aliphatic rings. The predicted octanol–water partition coefficient (Wildman–Crippen LogP) is 2.70. The van der Waals surface area contributed by atoms with Crippen molar-refractivity contribution in [2.75, 3.05) is 11.5 Å². The number of carbonyl (C=O) groups excluding carboxylic acids is 2. The maximum absolute atomic E-state index is 13.0. The number of anilines is 1. The zero-order valence-electron chi connectivity index (χ0n) is 14.1. The smallest absolute Gasteiger partial charge is 0.241 e. The van der Waals surface area contributed by atoms with Crippen LogP contribution in [0, 0.1) is 11.8 Å². The van der Waals surface area contributed by atoms with Crippen molar-refractivity contribution in [3.05, 3.63) is 36.4 Å². The fourth-order valence-electron chi connectivity index (χ4n) is 4.20. The van der Waals surface area contributed by atoms with Crippen LogP contribution in [0.5, 0.6) is 5.75 Å². The number of ether oxygens (including phenoxy) is 2. The highest BCUT2D eigenvalue weighted by Crippen LogP contribution is 2.57. The second-order valence-electron chi connectivity index (χ2n) is 7.11. The summed E-state index contributed by atoms with van der Waals surface area (Å²) in [5, 5.41) is 0. The van der Waals surface area contributed by atoms with E-state index in [2.05, 4.69) is 0 Å². The van der Waals surface area contributed by atoms with Gasteiger partial charge in [-0.3, -0.25) is 9.59 Å². The highest BCUT2D eigenvalue weighted by Gasteiger charge is 2.70. The molecule has 2 saturated heterocycles. The first-order valence-corrected chi connectivity index (χ1v) is 8.41. The van der Waals surface area contributed by atoms with Crippen LogP contribution in [0.2, 0.25) is 0 Å². The molecule has 0 unspecified atom stereocenters. The highest BCUT2D eigenvalue weighted by atomic mass is 16.5. The van der Waals surface area contributed by atoms with Crippen LogP contribution in [0.25, 0.3) is 0 Å². The Morgan fingerprint density at radius 2 is 1.58 bits per heavy atom. The molecular formula is C19H21NO4. The summed E-state index contributed by atoms with van der Waals surface area (Å²) in [6.45, 7) is 6.45. The van der Waals surface area contributed by atoms with Crippen molar-refractivity contribution in [3.8, 4) is 5.75 Å². The standard InChI is InChI=1S/C19H21NO4/c1-4-11-23-13-7-5-12(6-8-13)20-16(21)14-15(17(20)22)19(3)10-9-18(14,2)24-19/h5-10,14-15H,4,11H2,1-3H3/t14-,15-,18+,19+/m0/s1. The Balaban J connectivity index is 1.64. The molecule has 4 rings (SSSR count). The molecule has 2 amide bonds. The quantitative estimate of drug-likeness (QED) is 0.630. The summed E-state index contributed by atoms with van der Waals surface area (Å²) in [5.41, 5.74) is -0.786. The summed E-state index contributed by atoms with van der Waals surface area (Å²) < 4.78 is 11.6. The molecule has 1 aromatic rings. The van der Waals surface area contributed by atoms with Gasteiger partial charge in [0.2, 0.25) is 11.8 Å². The van der Waals surface area contributed by atoms with E-state index in [0.717, 1.165) is 12.2 Å². The molecule has 3 aliphatic heterocycles. The highest BCUT2D eigenvalue weighted by molar-refractivity contribution is 6.23. The Morgan fingerprint density at radius 1 is 1.04 bits per heavy atom. The molecule has 2 fully saturated rings. The number of benzene rings is 1. The van der Waals surface area contributed by atoms with Crippen LogP contribution < -0.4 is 9.64 Å². The van der Waals surface area contributed by atoms with Crippen LogP contribution in [0.3, 0.4) is 0 Å².